The van der Waals surface area contributed by atoms with Gasteiger partial charge in [0.1, 0.15) is 0 Å². The molecule has 1 aromatic carbocycles. The molecule has 6 heteroatoms. The van der Waals surface area contributed by atoms with Crippen LogP contribution in [0.2, 0.25) is 0 Å². The van der Waals surface area contributed by atoms with Crippen molar-refractivity contribution in [2.24, 2.45) is 4.99 Å². The number of carbonyl (C=O) groups is 1. The van der Waals surface area contributed by atoms with Crippen LogP contribution in [-0.4, -0.2) is 10.5 Å². The quantitative estimate of drug-likeness (QED) is 0.595. The second kappa shape index (κ2) is 6.73. The van der Waals surface area contributed by atoms with Gasteiger partial charge in [0.05, 0.1) is 10.2 Å². The first-order chi connectivity index (χ1) is 10.7. The molecule has 3 nitrogen and oxygen atoms in total. The Morgan fingerprint density at radius 1 is 1.36 bits per heavy atom. The molecule has 0 N–H and O–H groups in total. The Bertz CT molecular complexity index is 904. The molecule has 0 spiro atoms. The third-order valence-corrected chi connectivity index (χ3v) is 5.63. The fraction of sp³-hybridized carbons (Fsp3) is 0.125. The smallest absolute Gasteiger partial charge is 0.272 e. The van der Waals surface area contributed by atoms with E-state index in [2.05, 4.69) is 32.4 Å². The zero-order chi connectivity index (χ0) is 15.5. The zero-order valence-corrected chi connectivity index (χ0v) is 15.0. The molecule has 3 rings (SSSR count). The minimum atomic E-state index is -0.238. The highest BCUT2D eigenvalue weighted by Crippen LogP contribution is 2.25. The van der Waals surface area contributed by atoms with Crippen molar-refractivity contribution in [3.05, 3.63) is 55.9 Å². The SMILES string of the molecule is CCn1c(=NC(=O)/C=C/c2cccs2)sc2cccc(Br)c21. The Labute approximate surface area is 144 Å². The highest BCUT2D eigenvalue weighted by Gasteiger charge is 2.08. The number of thiazole rings is 1. The molecule has 0 radical (unpaired) electrons. The maximum absolute atomic E-state index is 12.1. The molecule has 3 aromatic rings. The Hall–Kier alpha value is -1.50. The van der Waals surface area contributed by atoms with E-state index in [-0.39, 0.29) is 5.91 Å². The second-order valence-electron chi connectivity index (χ2n) is 4.51. The summed E-state index contributed by atoms with van der Waals surface area (Å²) >= 11 is 6.70. The maximum Gasteiger partial charge on any atom is 0.272 e. The molecule has 0 saturated carbocycles. The van der Waals surface area contributed by atoms with Gasteiger partial charge in [-0.05, 0) is 52.5 Å². The first-order valence-electron chi connectivity index (χ1n) is 6.77. The van der Waals surface area contributed by atoms with E-state index in [0.717, 1.165) is 30.9 Å². The van der Waals surface area contributed by atoms with E-state index < -0.39 is 0 Å². The van der Waals surface area contributed by atoms with Crippen molar-refractivity contribution in [2.75, 3.05) is 0 Å². The summed E-state index contributed by atoms with van der Waals surface area (Å²) in [6.07, 6.45) is 3.32. The van der Waals surface area contributed by atoms with E-state index in [4.69, 9.17) is 0 Å². The molecule has 112 valence electrons. The first kappa shape index (κ1) is 15.4. The standard InChI is InChI=1S/C16H13BrN2OS2/c1-2-19-15-12(17)6-3-7-13(15)22-16(19)18-14(20)9-8-11-5-4-10-21-11/h3-10H,2H2,1H3/b9-8+,18-16?. The number of benzene rings is 1. The number of halogens is 1. The number of thiophene rings is 1. The van der Waals surface area contributed by atoms with Crippen molar-refractivity contribution < 1.29 is 4.79 Å². The normalized spacial score (nSPS) is 12.5. The molecule has 0 unspecified atom stereocenters. The molecule has 2 aromatic heterocycles. The molecule has 0 atom stereocenters. The highest BCUT2D eigenvalue weighted by atomic mass is 79.9. The van der Waals surface area contributed by atoms with Crippen LogP contribution in [0.3, 0.4) is 0 Å². The molecule has 0 saturated heterocycles. The van der Waals surface area contributed by atoms with E-state index in [1.807, 2.05) is 35.7 Å². The summed E-state index contributed by atoms with van der Waals surface area (Å²) in [5, 5.41) is 1.98. The largest absolute Gasteiger partial charge is 0.316 e. The van der Waals surface area contributed by atoms with Crippen molar-refractivity contribution >= 4 is 60.8 Å². The van der Waals surface area contributed by atoms with Crippen molar-refractivity contribution in [1.82, 2.24) is 4.57 Å². The average molecular weight is 393 g/mol. The molecule has 22 heavy (non-hydrogen) atoms. The van der Waals surface area contributed by atoms with Crippen LogP contribution in [0.4, 0.5) is 0 Å². The third kappa shape index (κ3) is 3.14. The lowest BCUT2D eigenvalue weighted by molar-refractivity contribution is -0.113. The number of carbonyl (C=O) groups excluding carboxylic acids is 1. The molecule has 0 aliphatic heterocycles. The summed E-state index contributed by atoms with van der Waals surface area (Å²) in [6.45, 7) is 2.82. The summed E-state index contributed by atoms with van der Waals surface area (Å²) in [7, 11) is 0. The Morgan fingerprint density at radius 2 is 2.23 bits per heavy atom. The van der Waals surface area contributed by atoms with Crippen LogP contribution < -0.4 is 4.80 Å². The number of hydrogen-bond acceptors (Lipinski definition) is 3. The molecule has 0 bridgehead atoms. The van der Waals surface area contributed by atoms with Crippen molar-refractivity contribution in [3.63, 3.8) is 0 Å². The monoisotopic (exact) mass is 392 g/mol. The highest BCUT2D eigenvalue weighted by molar-refractivity contribution is 9.10. The number of fused-ring (bicyclic) bond motifs is 1. The van der Waals surface area contributed by atoms with Gasteiger partial charge in [0.15, 0.2) is 4.80 Å². The second-order valence-corrected chi connectivity index (χ2v) is 7.36. The summed E-state index contributed by atoms with van der Waals surface area (Å²) in [6, 6.07) is 9.97. The summed E-state index contributed by atoms with van der Waals surface area (Å²) in [4.78, 5) is 18.1. The van der Waals surface area contributed by atoms with Crippen LogP contribution in [0.15, 0.2) is 51.3 Å². The van der Waals surface area contributed by atoms with Crippen LogP contribution in [0.1, 0.15) is 11.8 Å². The Balaban J connectivity index is 2.02. The Kier molecular flexibility index (Phi) is 4.71. The zero-order valence-electron chi connectivity index (χ0n) is 11.8. The average Bonchev–Trinajstić information content (AvgIpc) is 3.12. The molecular weight excluding hydrogens is 380 g/mol. The number of hydrogen-bond donors (Lipinski definition) is 0. The van der Waals surface area contributed by atoms with Crippen molar-refractivity contribution in [3.8, 4) is 0 Å². The number of aromatic nitrogens is 1. The van der Waals surface area contributed by atoms with Gasteiger partial charge in [-0.15, -0.1) is 11.3 Å². The predicted octanol–water partition coefficient (Wildman–Crippen LogP) is 4.69. The van der Waals surface area contributed by atoms with E-state index >= 15 is 0 Å². The van der Waals surface area contributed by atoms with Crippen LogP contribution in [0, 0.1) is 0 Å². The minimum Gasteiger partial charge on any atom is -0.316 e. The van der Waals surface area contributed by atoms with Crippen LogP contribution in [0.5, 0.6) is 0 Å². The lowest BCUT2D eigenvalue weighted by atomic mass is 10.3. The van der Waals surface area contributed by atoms with Crippen molar-refractivity contribution in [2.45, 2.75) is 13.5 Å². The van der Waals surface area contributed by atoms with Crippen molar-refractivity contribution in [1.29, 1.82) is 0 Å². The van der Waals surface area contributed by atoms with Gasteiger partial charge in [0.25, 0.3) is 5.91 Å². The molecule has 2 heterocycles. The first-order valence-corrected chi connectivity index (χ1v) is 9.26. The maximum atomic E-state index is 12.1. The van der Waals surface area contributed by atoms with Gasteiger partial charge in [0, 0.05) is 22.0 Å². The molecule has 1 amide bonds. The number of para-hydroxylation sites is 1. The van der Waals surface area contributed by atoms with Crippen LogP contribution >= 0.6 is 38.6 Å². The number of rotatable bonds is 3. The van der Waals surface area contributed by atoms with Gasteiger partial charge in [-0.25, -0.2) is 0 Å². The lowest BCUT2D eigenvalue weighted by Gasteiger charge is -2.01. The number of nitrogens with zero attached hydrogens (tertiary/aromatic N) is 2. The van der Waals surface area contributed by atoms with E-state index in [1.165, 1.54) is 17.4 Å². The predicted molar refractivity (Wildman–Crippen MR) is 97.1 cm³/mol. The molecular formula is C16H13BrN2OS2. The fourth-order valence-corrected chi connectivity index (χ4v) is 4.59. The van der Waals surface area contributed by atoms with Crippen LogP contribution in [0.25, 0.3) is 16.3 Å². The van der Waals surface area contributed by atoms with E-state index in [9.17, 15) is 4.79 Å². The van der Waals surface area contributed by atoms with E-state index in [1.54, 1.807) is 17.4 Å². The summed E-state index contributed by atoms with van der Waals surface area (Å²) < 4.78 is 4.19. The van der Waals surface area contributed by atoms with Gasteiger partial charge in [-0.1, -0.05) is 23.5 Å². The van der Waals surface area contributed by atoms with Gasteiger partial charge in [-0.3, -0.25) is 4.79 Å². The van der Waals surface area contributed by atoms with Gasteiger partial charge >= 0.3 is 0 Å². The van der Waals surface area contributed by atoms with Gasteiger partial charge in [-0.2, -0.15) is 4.99 Å². The van der Waals surface area contributed by atoms with Gasteiger partial charge < -0.3 is 4.57 Å². The minimum absolute atomic E-state index is 0.238. The van der Waals surface area contributed by atoms with Crippen LogP contribution in [-0.2, 0) is 11.3 Å². The lowest BCUT2D eigenvalue weighted by Crippen LogP contribution is -2.15. The van der Waals surface area contributed by atoms with Gasteiger partial charge in [0.2, 0.25) is 0 Å². The number of amides is 1. The molecule has 0 aliphatic rings. The Morgan fingerprint density at radius 3 is 2.95 bits per heavy atom. The molecule has 0 fully saturated rings. The topological polar surface area (TPSA) is 34.4 Å². The summed E-state index contributed by atoms with van der Waals surface area (Å²) in [5.41, 5.74) is 1.09. The fourth-order valence-electron chi connectivity index (χ4n) is 2.14. The van der Waals surface area contributed by atoms with E-state index in [0.29, 0.717) is 0 Å². The third-order valence-electron chi connectivity index (χ3n) is 3.11. The number of aryl methyl sites for hydroxylation is 1. The summed E-state index contributed by atoms with van der Waals surface area (Å²) in [5.74, 6) is -0.238. The molecule has 0 aliphatic carbocycles.